The molecule has 0 unspecified atom stereocenters. The van der Waals surface area contributed by atoms with Crippen LogP contribution in [0.1, 0.15) is 0 Å². The second-order valence-electron chi connectivity index (χ2n) is 2.22. The molecule has 1 aromatic heterocycles. The lowest BCUT2D eigenvalue weighted by molar-refractivity contribution is 0.315. The van der Waals surface area contributed by atoms with Crippen LogP contribution in [-0.4, -0.2) is 17.4 Å². The minimum absolute atomic E-state index is 0.775. The van der Waals surface area contributed by atoms with Crippen molar-refractivity contribution in [2.75, 3.05) is 12.4 Å². The monoisotopic (exact) mass is 149 g/mol. The summed E-state index contributed by atoms with van der Waals surface area (Å²) in [6.45, 7) is 0. The quantitative estimate of drug-likeness (QED) is 0.663. The van der Waals surface area contributed by atoms with Crippen LogP contribution in [0.5, 0.6) is 0 Å². The summed E-state index contributed by atoms with van der Waals surface area (Å²) in [5, 5.41) is 10.4. The van der Waals surface area contributed by atoms with Gasteiger partial charge in [0.15, 0.2) is 0 Å². The van der Waals surface area contributed by atoms with Gasteiger partial charge in [-0.05, 0) is 28.5 Å². The fourth-order valence-corrected chi connectivity index (χ4v) is 0.938. The smallest absolute Gasteiger partial charge is 0.137 e. The van der Waals surface area contributed by atoms with E-state index in [9.17, 15) is 0 Å². The molecule has 0 radical (unpaired) electrons. The average molecular weight is 149 g/mol. The van der Waals surface area contributed by atoms with Gasteiger partial charge in [-0.25, -0.2) is 4.63 Å². The standard InChI is InChI=1S/C7H7N3O/c1-8-5-2-3-6-7(4-5)10-11-9-6/h2-4,8H,1H3. The first-order chi connectivity index (χ1) is 5.40. The molecule has 56 valence electrons. The van der Waals surface area contributed by atoms with Gasteiger partial charge >= 0.3 is 0 Å². The molecule has 1 N–H and O–H groups in total. The van der Waals surface area contributed by atoms with Gasteiger partial charge in [0.05, 0.1) is 0 Å². The Balaban J connectivity index is 2.67. The van der Waals surface area contributed by atoms with Crippen LogP contribution in [0.2, 0.25) is 0 Å². The highest BCUT2D eigenvalue weighted by Gasteiger charge is 1.98. The molecule has 0 atom stereocenters. The summed E-state index contributed by atoms with van der Waals surface area (Å²) in [5.41, 5.74) is 2.56. The molecule has 2 aromatic rings. The van der Waals surface area contributed by atoms with Crippen molar-refractivity contribution in [3.05, 3.63) is 18.2 Å². The number of aromatic nitrogens is 2. The maximum absolute atomic E-state index is 4.54. The number of anilines is 1. The number of fused-ring (bicyclic) bond motifs is 1. The fraction of sp³-hybridized carbons (Fsp3) is 0.143. The second-order valence-corrected chi connectivity index (χ2v) is 2.22. The summed E-state index contributed by atoms with van der Waals surface area (Å²) in [5.74, 6) is 0. The van der Waals surface area contributed by atoms with Crippen LogP contribution >= 0.6 is 0 Å². The van der Waals surface area contributed by atoms with Crippen molar-refractivity contribution >= 4 is 16.7 Å². The van der Waals surface area contributed by atoms with E-state index in [0.717, 1.165) is 16.7 Å². The third-order valence-electron chi connectivity index (χ3n) is 1.54. The zero-order valence-electron chi connectivity index (χ0n) is 6.03. The van der Waals surface area contributed by atoms with Crippen LogP contribution in [0.25, 0.3) is 11.0 Å². The minimum atomic E-state index is 0.775. The first kappa shape index (κ1) is 6.15. The molecule has 0 aliphatic rings. The lowest BCUT2D eigenvalue weighted by Gasteiger charge is -1.95. The Morgan fingerprint density at radius 3 is 2.91 bits per heavy atom. The topological polar surface area (TPSA) is 51.0 Å². The minimum Gasteiger partial charge on any atom is -0.388 e. The molecular formula is C7H7N3O. The number of rotatable bonds is 1. The van der Waals surface area contributed by atoms with E-state index < -0.39 is 0 Å². The van der Waals surface area contributed by atoms with E-state index in [1.54, 1.807) is 0 Å². The van der Waals surface area contributed by atoms with Gasteiger partial charge in [-0.3, -0.25) is 0 Å². The van der Waals surface area contributed by atoms with Crippen LogP contribution in [-0.2, 0) is 0 Å². The molecule has 0 fully saturated rings. The van der Waals surface area contributed by atoms with Crippen LogP contribution in [0.4, 0.5) is 5.69 Å². The molecule has 0 saturated carbocycles. The molecule has 0 saturated heterocycles. The van der Waals surface area contributed by atoms with Gasteiger partial charge in [-0.15, -0.1) is 0 Å². The summed E-state index contributed by atoms with van der Waals surface area (Å²) < 4.78 is 4.54. The van der Waals surface area contributed by atoms with Gasteiger partial charge in [-0.1, -0.05) is 0 Å². The molecule has 0 aliphatic heterocycles. The van der Waals surface area contributed by atoms with E-state index in [1.807, 2.05) is 25.2 Å². The van der Waals surface area contributed by atoms with E-state index in [1.165, 1.54) is 0 Å². The van der Waals surface area contributed by atoms with Gasteiger partial charge in [0.2, 0.25) is 0 Å². The zero-order valence-corrected chi connectivity index (χ0v) is 6.03. The number of benzene rings is 1. The highest BCUT2D eigenvalue weighted by molar-refractivity contribution is 5.77. The average Bonchev–Trinajstić information content (AvgIpc) is 2.50. The zero-order chi connectivity index (χ0) is 7.68. The van der Waals surface area contributed by atoms with Crippen molar-refractivity contribution < 1.29 is 4.63 Å². The molecule has 0 amide bonds. The normalized spacial score (nSPS) is 10.3. The maximum atomic E-state index is 4.54. The first-order valence-electron chi connectivity index (χ1n) is 3.30. The highest BCUT2D eigenvalue weighted by Crippen LogP contribution is 2.14. The predicted molar refractivity (Wildman–Crippen MR) is 41.4 cm³/mol. The molecule has 2 rings (SSSR count). The van der Waals surface area contributed by atoms with E-state index in [0.29, 0.717) is 0 Å². The lowest BCUT2D eigenvalue weighted by Crippen LogP contribution is -1.86. The molecule has 4 nitrogen and oxygen atoms in total. The van der Waals surface area contributed by atoms with Crippen molar-refractivity contribution in [3.63, 3.8) is 0 Å². The van der Waals surface area contributed by atoms with Crippen molar-refractivity contribution in [2.45, 2.75) is 0 Å². The Bertz CT molecular complexity index is 368. The molecule has 0 bridgehead atoms. The van der Waals surface area contributed by atoms with E-state index in [4.69, 9.17) is 0 Å². The molecule has 0 spiro atoms. The summed E-state index contributed by atoms with van der Waals surface area (Å²) in [7, 11) is 1.86. The highest BCUT2D eigenvalue weighted by atomic mass is 16.6. The summed E-state index contributed by atoms with van der Waals surface area (Å²) in [6.07, 6.45) is 0. The van der Waals surface area contributed by atoms with Crippen LogP contribution in [0.3, 0.4) is 0 Å². The predicted octanol–water partition coefficient (Wildman–Crippen LogP) is 1.26. The fourth-order valence-electron chi connectivity index (χ4n) is 0.938. The molecule has 0 aliphatic carbocycles. The lowest BCUT2D eigenvalue weighted by atomic mass is 10.3. The number of nitrogens with zero attached hydrogens (tertiary/aromatic N) is 2. The third kappa shape index (κ3) is 0.920. The molecule has 1 aromatic carbocycles. The summed E-state index contributed by atoms with van der Waals surface area (Å²) >= 11 is 0. The molecule has 11 heavy (non-hydrogen) atoms. The van der Waals surface area contributed by atoms with Gasteiger partial charge in [0, 0.05) is 12.7 Å². The Morgan fingerprint density at radius 2 is 2.09 bits per heavy atom. The SMILES string of the molecule is CNc1ccc2nonc2c1. The first-order valence-corrected chi connectivity index (χ1v) is 3.30. The van der Waals surface area contributed by atoms with Crippen LogP contribution in [0, 0.1) is 0 Å². The third-order valence-corrected chi connectivity index (χ3v) is 1.54. The van der Waals surface area contributed by atoms with Crippen molar-refractivity contribution in [1.82, 2.24) is 10.3 Å². The Morgan fingerprint density at radius 1 is 1.27 bits per heavy atom. The molecule has 1 heterocycles. The van der Waals surface area contributed by atoms with E-state index in [-0.39, 0.29) is 0 Å². The second kappa shape index (κ2) is 2.23. The van der Waals surface area contributed by atoms with Crippen LogP contribution < -0.4 is 5.32 Å². The van der Waals surface area contributed by atoms with Gasteiger partial charge in [0.25, 0.3) is 0 Å². The Kier molecular flexibility index (Phi) is 1.25. The largest absolute Gasteiger partial charge is 0.388 e. The van der Waals surface area contributed by atoms with Gasteiger partial charge in [0.1, 0.15) is 11.0 Å². The number of nitrogens with one attached hydrogen (secondary N) is 1. The summed E-state index contributed by atoms with van der Waals surface area (Å²) in [6, 6.07) is 5.66. The summed E-state index contributed by atoms with van der Waals surface area (Å²) in [4.78, 5) is 0. The maximum Gasteiger partial charge on any atom is 0.137 e. The number of hydrogen-bond donors (Lipinski definition) is 1. The van der Waals surface area contributed by atoms with Crippen molar-refractivity contribution in [3.8, 4) is 0 Å². The Labute approximate surface area is 63.2 Å². The van der Waals surface area contributed by atoms with Gasteiger partial charge < -0.3 is 5.32 Å². The van der Waals surface area contributed by atoms with E-state index in [2.05, 4.69) is 20.3 Å². The van der Waals surface area contributed by atoms with Crippen molar-refractivity contribution in [1.29, 1.82) is 0 Å². The van der Waals surface area contributed by atoms with Gasteiger partial charge in [-0.2, -0.15) is 0 Å². The van der Waals surface area contributed by atoms with Crippen LogP contribution in [0.15, 0.2) is 22.8 Å². The number of hydrogen-bond acceptors (Lipinski definition) is 4. The van der Waals surface area contributed by atoms with E-state index >= 15 is 0 Å². The molecule has 4 heteroatoms. The molecular weight excluding hydrogens is 142 g/mol. The Hall–Kier alpha value is -1.58. The van der Waals surface area contributed by atoms with Crippen molar-refractivity contribution in [2.24, 2.45) is 0 Å².